The summed E-state index contributed by atoms with van der Waals surface area (Å²) in [6, 6.07) is 165. The van der Waals surface area contributed by atoms with Gasteiger partial charge < -0.3 is 9.13 Å². The maximum atomic E-state index is 5.49. The molecule has 10 nitrogen and oxygen atoms in total. The normalized spacial score (nSPS) is 11.7. The van der Waals surface area contributed by atoms with Crippen LogP contribution in [-0.4, -0.2) is 48.2 Å². The Morgan fingerprint density at radius 2 is 0.277 bits per heavy atom. The Bertz CT molecular complexity index is 8550. The van der Waals surface area contributed by atoms with Crippen molar-refractivity contribution in [2.24, 2.45) is 0 Å². The third-order valence-corrected chi connectivity index (χ3v) is 25.8. The van der Waals surface area contributed by atoms with Crippen LogP contribution in [0.3, 0.4) is 0 Å². The van der Waals surface area contributed by atoms with Crippen molar-refractivity contribution >= 4 is 87.2 Å². The molecule has 0 fully saturated rings. The number of para-hydroxylation sites is 4. The molecule has 10 heteroatoms. The van der Waals surface area contributed by atoms with E-state index in [1.807, 2.05) is 30.3 Å². The van der Waals surface area contributed by atoms with E-state index in [2.05, 4.69) is 449 Å². The van der Waals surface area contributed by atoms with Crippen LogP contribution < -0.4 is 0 Å². The highest BCUT2D eigenvalue weighted by molar-refractivity contribution is 6.25. The van der Waals surface area contributed by atoms with Crippen LogP contribution in [0.25, 0.3) is 245 Å². The minimum absolute atomic E-state index is 0.532. The molecule has 6 heterocycles. The number of hydrogen-bond donors (Lipinski definition) is 0. The average Bonchev–Trinajstić information content (AvgIpc) is 1.55. The average molecular weight is 1660 g/mol. The molecular weight excluding hydrogens is 1580 g/mol. The zero-order chi connectivity index (χ0) is 85.7. The summed E-state index contributed by atoms with van der Waals surface area (Å²) < 4.78 is 9.37. The van der Waals surface area contributed by atoms with E-state index >= 15 is 0 Å². The zero-order valence-electron chi connectivity index (χ0n) is 70.4. The van der Waals surface area contributed by atoms with Crippen LogP contribution in [0.4, 0.5) is 0 Å². The Hall–Kier alpha value is -17.6. The fraction of sp³-hybridized carbons (Fsp3) is 0. The SMILES string of the molecule is c1ccc(-c2ccc(-c3ccc(-n4c5ccccc5c5ccc6c7ccccc7n(-c7nc(-c8ccccc8)nc(-c8ccc(-c9ccc(-c%10ccc(-c%11ccc(-c%12ccc(-n%13c%14ccccc%14c%14ccc%15c%16ccccc%16n(-c%16nc(-c%17ccc(-c%18ccccc%18)cc%17)nc(-c%17ccc(-c%18ccccc%18)cc%17)n%16)c%15c%14%13)cc%12)cc%11)cc%10)cc9)cc8)n7)c6c54)cc3)cc2)cc1. The number of aromatic nitrogens is 10. The molecule has 6 aromatic heterocycles. The van der Waals surface area contributed by atoms with Gasteiger partial charge in [0.25, 0.3) is 0 Å². The summed E-state index contributed by atoms with van der Waals surface area (Å²) in [5.41, 5.74) is 32.3. The van der Waals surface area contributed by atoms with Crippen molar-refractivity contribution in [3.63, 3.8) is 0 Å². The van der Waals surface area contributed by atoms with Gasteiger partial charge >= 0.3 is 0 Å². The van der Waals surface area contributed by atoms with Crippen LogP contribution in [0.15, 0.2) is 461 Å². The molecule has 25 rings (SSSR count). The zero-order valence-corrected chi connectivity index (χ0v) is 70.4. The van der Waals surface area contributed by atoms with E-state index in [1.54, 1.807) is 0 Å². The summed E-state index contributed by atoms with van der Waals surface area (Å²) >= 11 is 0. The quantitative estimate of drug-likeness (QED) is 0.0956. The van der Waals surface area contributed by atoms with Crippen molar-refractivity contribution < 1.29 is 0 Å². The minimum Gasteiger partial charge on any atom is -0.307 e. The van der Waals surface area contributed by atoms with Crippen LogP contribution in [0.2, 0.25) is 0 Å². The highest BCUT2D eigenvalue weighted by Gasteiger charge is 2.28. The van der Waals surface area contributed by atoms with Gasteiger partial charge in [0.05, 0.1) is 44.1 Å². The van der Waals surface area contributed by atoms with E-state index in [1.165, 1.54) is 11.1 Å². The standard InChI is InChI=1S/C120H76N10/c1-5-21-77(22-6-1)80-37-39-88(40-38-80)91-65-69-97(70-66-91)127-107-33-17-13-29-99(107)103-73-75-105-101-31-15-19-35-109(101)129(113(105)111(103)127)119-123-115(93-27-11-4-12-28-93)121-116(124-119)96-63-57-90(58-64-96)87-47-45-85(46-48-87)83-41-43-84(44-42-83)86-49-51-89(52-50-86)92-67-71-98(72-68-92)128-108-34-18-14-30-100(108)104-74-76-106-102-32-16-20-36-110(102)130(114(106)112(104)128)120-125-117(94-59-53-81(54-60-94)78-23-7-2-8-24-78)122-118(126-120)95-61-55-82(56-62-95)79-25-9-3-10-26-79/h1-76H. The maximum absolute atomic E-state index is 5.49. The van der Waals surface area contributed by atoms with Crippen LogP contribution in [0.1, 0.15) is 0 Å². The molecule has 0 amide bonds. The molecule has 25 aromatic rings. The second kappa shape index (κ2) is 31.3. The van der Waals surface area contributed by atoms with Gasteiger partial charge in [0.15, 0.2) is 23.3 Å². The lowest BCUT2D eigenvalue weighted by atomic mass is 9.96. The Morgan fingerprint density at radius 1 is 0.115 bits per heavy atom. The van der Waals surface area contributed by atoms with E-state index in [0.29, 0.717) is 35.2 Å². The molecule has 0 bridgehead atoms. The van der Waals surface area contributed by atoms with Crippen molar-refractivity contribution in [1.82, 2.24) is 48.2 Å². The summed E-state index contributed by atoms with van der Waals surface area (Å²) in [4.78, 5) is 32.4. The van der Waals surface area contributed by atoms with E-state index < -0.39 is 0 Å². The van der Waals surface area contributed by atoms with Gasteiger partial charge in [0.1, 0.15) is 0 Å². The highest BCUT2D eigenvalue weighted by Crippen LogP contribution is 2.46. The van der Waals surface area contributed by atoms with E-state index in [9.17, 15) is 0 Å². The van der Waals surface area contributed by atoms with Gasteiger partial charge in [-0.2, -0.15) is 19.9 Å². The molecule has 606 valence electrons. The van der Waals surface area contributed by atoms with Gasteiger partial charge in [-0.05, 0) is 138 Å². The predicted octanol–water partition coefficient (Wildman–Crippen LogP) is 30.4. The molecule has 0 radical (unpaired) electrons. The summed E-state index contributed by atoms with van der Waals surface area (Å²) in [5.74, 6) is 3.40. The van der Waals surface area contributed by atoms with Crippen molar-refractivity contribution in [3.8, 4) is 158 Å². The third-order valence-electron chi connectivity index (χ3n) is 25.8. The number of fused-ring (bicyclic) bond motifs is 14. The monoisotopic (exact) mass is 1660 g/mol. The largest absolute Gasteiger partial charge is 0.307 e. The minimum atomic E-state index is 0.532. The first-order valence-electron chi connectivity index (χ1n) is 44.0. The summed E-state index contributed by atoms with van der Waals surface area (Å²) in [5, 5.41) is 9.01. The van der Waals surface area contributed by atoms with Crippen LogP contribution >= 0.6 is 0 Å². The highest BCUT2D eigenvalue weighted by atomic mass is 15.2. The number of rotatable bonds is 16. The number of benzene rings is 19. The van der Waals surface area contributed by atoms with E-state index in [4.69, 9.17) is 29.9 Å². The third kappa shape index (κ3) is 13.0. The van der Waals surface area contributed by atoms with Crippen molar-refractivity contribution in [3.05, 3.63) is 461 Å². The second-order valence-corrected chi connectivity index (χ2v) is 33.3. The molecule has 0 saturated heterocycles. The lowest BCUT2D eigenvalue weighted by Crippen LogP contribution is -2.07. The first-order chi connectivity index (χ1) is 64.4. The van der Waals surface area contributed by atoms with Gasteiger partial charge in [0, 0.05) is 76.7 Å². The first kappa shape index (κ1) is 75.0. The Balaban J connectivity index is 0.500. The number of hydrogen-bond acceptors (Lipinski definition) is 6. The molecular formula is C120H76N10. The van der Waals surface area contributed by atoms with Crippen molar-refractivity contribution in [2.75, 3.05) is 0 Å². The van der Waals surface area contributed by atoms with Crippen molar-refractivity contribution in [1.29, 1.82) is 0 Å². The smallest absolute Gasteiger partial charge is 0.238 e. The molecule has 0 aliphatic rings. The first-order valence-corrected chi connectivity index (χ1v) is 44.0. The Morgan fingerprint density at radius 3 is 0.508 bits per heavy atom. The number of nitrogens with zero attached hydrogens (tertiary/aromatic N) is 10. The molecule has 0 spiro atoms. The molecule has 0 saturated carbocycles. The van der Waals surface area contributed by atoms with Gasteiger partial charge in [-0.15, -0.1) is 0 Å². The molecule has 0 aliphatic carbocycles. The fourth-order valence-electron chi connectivity index (χ4n) is 19.3. The summed E-state index contributed by atoms with van der Waals surface area (Å²) in [7, 11) is 0. The lowest BCUT2D eigenvalue weighted by molar-refractivity contribution is 0.953. The second-order valence-electron chi connectivity index (χ2n) is 33.3. The lowest BCUT2D eigenvalue weighted by Gasteiger charge is -2.14. The van der Waals surface area contributed by atoms with Crippen LogP contribution in [0.5, 0.6) is 0 Å². The topological polar surface area (TPSA) is 97.1 Å². The molecule has 0 unspecified atom stereocenters. The summed E-state index contributed by atoms with van der Waals surface area (Å²) in [6.45, 7) is 0. The Kier molecular flexibility index (Phi) is 18.0. The predicted molar refractivity (Wildman–Crippen MR) is 536 cm³/mol. The van der Waals surface area contributed by atoms with Crippen LogP contribution in [0, 0.1) is 0 Å². The van der Waals surface area contributed by atoms with Crippen molar-refractivity contribution in [2.45, 2.75) is 0 Å². The molecule has 0 atom stereocenters. The molecule has 130 heavy (non-hydrogen) atoms. The van der Waals surface area contributed by atoms with Gasteiger partial charge in [-0.3, -0.25) is 9.13 Å². The van der Waals surface area contributed by atoms with Gasteiger partial charge in [-0.25, -0.2) is 9.97 Å². The fourth-order valence-corrected chi connectivity index (χ4v) is 19.3. The summed E-state index contributed by atoms with van der Waals surface area (Å²) in [6.07, 6.45) is 0. The van der Waals surface area contributed by atoms with Crippen LogP contribution in [-0.2, 0) is 0 Å². The van der Waals surface area contributed by atoms with Gasteiger partial charge in [-0.1, -0.05) is 413 Å². The van der Waals surface area contributed by atoms with E-state index in [0.717, 1.165) is 199 Å². The Labute approximate surface area is 749 Å². The molecule has 0 aliphatic heterocycles. The van der Waals surface area contributed by atoms with Gasteiger partial charge in [0.2, 0.25) is 11.9 Å². The van der Waals surface area contributed by atoms with E-state index in [-0.39, 0.29) is 0 Å². The molecule has 19 aromatic carbocycles. The molecule has 0 N–H and O–H groups in total. The maximum Gasteiger partial charge on any atom is 0.238 e.